The Labute approximate surface area is 207 Å². The third kappa shape index (κ3) is 4.33. The molecule has 0 radical (unpaired) electrons. The van der Waals surface area contributed by atoms with Crippen molar-refractivity contribution in [2.45, 2.75) is 102 Å². The molecule has 2 aromatic rings. The number of piperidine rings is 2. The highest BCUT2D eigenvalue weighted by molar-refractivity contribution is 7.59. The molecule has 7 rings (SSSR count). The van der Waals surface area contributed by atoms with Crippen LogP contribution in [0.4, 0.5) is 0 Å². The lowest BCUT2D eigenvalue weighted by molar-refractivity contribution is -0.0628. The van der Waals surface area contributed by atoms with Gasteiger partial charge in [0.1, 0.15) is 0 Å². The van der Waals surface area contributed by atoms with Crippen LogP contribution in [0.3, 0.4) is 0 Å². The minimum absolute atomic E-state index is 0.0574. The standard InChI is InChI=1S/C27H38N3O4P/c1-17-9-11-19-12-10-18(13-17)14-25(19)29-20-5-4-6-21(29)16-22(15-20)30-24-8-3-2-7-23(24)28-26(27(30)31)35(32,33)34/h2-3,7-8,17-22,25H,4-6,9-16H2,1H3,(H2,32,33,34)/t17-,18-,19?,20-,21+,22?,25-/m1/s1. The molecule has 3 saturated carbocycles. The molecule has 190 valence electrons. The summed E-state index contributed by atoms with van der Waals surface area (Å²) in [4.78, 5) is 40.2. The second-order valence-electron chi connectivity index (χ2n) is 11.9. The topological polar surface area (TPSA) is 95.7 Å². The highest BCUT2D eigenvalue weighted by Crippen LogP contribution is 2.48. The lowest BCUT2D eigenvalue weighted by Gasteiger charge is -2.56. The Bertz CT molecular complexity index is 1190. The first-order valence-corrected chi connectivity index (χ1v) is 15.3. The Morgan fingerprint density at radius 1 is 0.914 bits per heavy atom. The van der Waals surface area contributed by atoms with Crippen molar-refractivity contribution in [2.75, 3.05) is 0 Å². The second kappa shape index (κ2) is 9.09. The van der Waals surface area contributed by atoms with Crippen molar-refractivity contribution in [1.82, 2.24) is 14.5 Å². The van der Waals surface area contributed by atoms with Crippen LogP contribution in [-0.2, 0) is 4.57 Å². The van der Waals surface area contributed by atoms with Crippen LogP contribution in [0, 0.1) is 17.8 Å². The molecule has 5 fully saturated rings. The maximum Gasteiger partial charge on any atom is 0.380 e. The molecule has 35 heavy (non-hydrogen) atoms. The molecule has 5 aliphatic rings. The summed E-state index contributed by atoms with van der Waals surface area (Å²) in [6.45, 7) is 2.43. The molecular weight excluding hydrogens is 461 g/mol. The maximum absolute atomic E-state index is 13.4. The van der Waals surface area contributed by atoms with Crippen LogP contribution in [0.2, 0.25) is 0 Å². The SMILES string of the molecule is C[C@@H]1CCC2CC[C@H](C1)C[C@H]2N1[C@@H]2CCC[C@H]1CC(n1c(=O)c(P(=O)(O)O)nc3ccccc31)C2. The van der Waals surface area contributed by atoms with Gasteiger partial charge in [-0.05, 0) is 81.3 Å². The van der Waals surface area contributed by atoms with Gasteiger partial charge in [0.2, 0.25) is 5.44 Å². The van der Waals surface area contributed by atoms with Crippen molar-refractivity contribution < 1.29 is 14.4 Å². The number of fused-ring (bicyclic) bond motifs is 9. The average Bonchev–Trinajstić information content (AvgIpc) is 2.79. The highest BCUT2D eigenvalue weighted by atomic mass is 31.2. The van der Waals surface area contributed by atoms with Gasteiger partial charge >= 0.3 is 7.60 Å². The molecular formula is C27H38N3O4P. The van der Waals surface area contributed by atoms with E-state index < -0.39 is 18.6 Å². The molecule has 7 nitrogen and oxygen atoms in total. The van der Waals surface area contributed by atoms with E-state index in [1.54, 1.807) is 16.7 Å². The van der Waals surface area contributed by atoms with E-state index in [2.05, 4.69) is 16.8 Å². The fourth-order valence-electron chi connectivity index (χ4n) is 8.23. The van der Waals surface area contributed by atoms with Crippen LogP contribution in [-0.4, -0.2) is 42.4 Å². The van der Waals surface area contributed by atoms with Crippen LogP contribution in [0.25, 0.3) is 11.0 Å². The van der Waals surface area contributed by atoms with Crippen molar-refractivity contribution >= 4 is 24.1 Å². The maximum atomic E-state index is 13.4. The van der Waals surface area contributed by atoms with E-state index in [1.807, 2.05) is 12.1 Å². The zero-order chi connectivity index (χ0) is 24.3. The Hall–Kier alpha value is -1.53. The molecule has 0 amide bonds. The number of aromatic nitrogens is 2. The molecule has 2 unspecified atom stereocenters. The van der Waals surface area contributed by atoms with E-state index in [-0.39, 0.29) is 6.04 Å². The van der Waals surface area contributed by atoms with Gasteiger partial charge in [-0.15, -0.1) is 0 Å². The zero-order valence-electron chi connectivity index (χ0n) is 20.6. The van der Waals surface area contributed by atoms with Gasteiger partial charge in [0.15, 0.2) is 0 Å². The van der Waals surface area contributed by atoms with Crippen LogP contribution in [0.5, 0.6) is 0 Å². The van der Waals surface area contributed by atoms with Crippen molar-refractivity contribution in [1.29, 1.82) is 0 Å². The summed E-state index contributed by atoms with van der Waals surface area (Å²) in [6.07, 6.45) is 13.4. The number of hydrogen-bond donors (Lipinski definition) is 2. The first-order chi connectivity index (χ1) is 16.8. The molecule has 2 aliphatic heterocycles. The summed E-state index contributed by atoms with van der Waals surface area (Å²) in [5.41, 5.74) is -0.0718. The summed E-state index contributed by atoms with van der Waals surface area (Å²) < 4.78 is 13.8. The van der Waals surface area contributed by atoms with Gasteiger partial charge in [-0.1, -0.05) is 38.3 Å². The van der Waals surface area contributed by atoms with Gasteiger partial charge < -0.3 is 14.4 Å². The Morgan fingerprint density at radius 3 is 2.37 bits per heavy atom. The molecule has 1 aromatic carbocycles. The minimum Gasteiger partial charge on any atom is -0.320 e. The number of nitrogens with zero attached hydrogens (tertiary/aromatic N) is 3. The van der Waals surface area contributed by atoms with Crippen LogP contribution in [0.1, 0.15) is 83.6 Å². The molecule has 2 N–H and O–H groups in total. The molecule has 4 bridgehead atoms. The fraction of sp³-hybridized carbons (Fsp3) is 0.704. The van der Waals surface area contributed by atoms with Crippen molar-refractivity contribution in [3.63, 3.8) is 0 Å². The predicted octanol–water partition coefficient (Wildman–Crippen LogP) is 4.36. The molecule has 3 aliphatic carbocycles. The molecule has 2 saturated heterocycles. The Kier molecular flexibility index (Phi) is 6.19. The first kappa shape index (κ1) is 23.8. The third-order valence-corrected chi connectivity index (χ3v) is 10.5. The lowest BCUT2D eigenvalue weighted by Crippen LogP contribution is -2.60. The van der Waals surface area contributed by atoms with Gasteiger partial charge in [0.25, 0.3) is 5.56 Å². The predicted molar refractivity (Wildman–Crippen MR) is 137 cm³/mol. The second-order valence-corrected chi connectivity index (χ2v) is 13.4. The molecule has 3 heterocycles. The molecule has 7 atom stereocenters. The van der Waals surface area contributed by atoms with Crippen molar-refractivity contribution in [2.24, 2.45) is 17.8 Å². The summed E-state index contributed by atoms with van der Waals surface area (Å²) >= 11 is 0. The highest BCUT2D eigenvalue weighted by Gasteiger charge is 2.47. The average molecular weight is 500 g/mol. The van der Waals surface area contributed by atoms with Gasteiger partial charge in [-0.25, -0.2) is 4.98 Å². The van der Waals surface area contributed by atoms with Crippen molar-refractivity contribution in [3.05, 3.63) is 34.6 Å². The van der Waals surface area contributed by atoms with Crippen LogP contribution >= 0.6 is 7.60 Å². The normalized spacial score (nSPS) is 36.1. The van der Waals surface area contributed by atoms with E-state index in [0.29, 0.717) is 29.2 Å². The largest absolute Gasteiger partial charge is 0.380 e. The zero-order valence-corrected chi connectivity index (χ0v) is 21.5. The summed E-state index contributed by atoms with van der Waals surface area (Å²) in [6, 6.07) is 8.76. The van der Waals surface area contributed by atoms with E-state index >= 15 is 0 Å². The lowest BCUT2D eigenvalue weighted by atomic mass is 9.67. The number of para-hydroxylation sites is 2. The quantitative estimate of drug-likeness (QED) is 0.610. The minimum atomic E-state index is -4.77. The number of hydrogen-bond acceptors (Lipinski definition) is 4. The van der Waals surface area contributed by atoms with Gasteiger partial charge in [-0.3, -0.25) is 14.3 Å². The first-order valence-electron chi connectivity index (χ1n) is 13.6. The third-order valence-electron chi connectivity index (χ3n) is 9.64. The van der Waals surface area contributed by atoms with Gasteiger partial charge in [-0.2, -0.15) is 0 Å². The van der Waals surface area contributed by atoms with E-state index in [1.165, 1.54) is 44.9 Å². The molecule has 8 heteroatoms. The Balaban J connectivity index is 1.36. The van der Waals surface area contributed by atoms with Crippen LogP contribution in [0.15, 0.2) is 29.1 Å². The van der Waals surface area contributed by atoms with E-state index in [9.17, 15) is 19.1 Å². The van der Waals surface area contributed by atoms with Gasteiger partial charge in [0.05, 0.1) is 11.0 Å². The molecule has 0 spiro atoms. The number of rotatable bonds is 3. The van der Waals surface area contributed by atoms with E-state index in [4.69, 9.17) is 0 Å². The number of benzene rings is 1. The summed E-state index contributed by atoms with van der Waals surface area (Å²) in [5, 5.41) is 0. The Morgan fingerprint density at radius 2 is 1.63 bits per heavy atom. The smallest absolute Gasteiger partial charge is 0.320 e. The monoisotopic (exact) mass is 499 g/mol. The summed E-state index contributed by atoms with van der Waals surface area (Å²) in [5.74, 6) is 2.49. The van der Waals surface area contributed by atoms with Crippen molar-refractivity contribution in [3.8, 4) is 0 Å². The van der Waals surface area contributed by atoms with Crippen LogP contribution < -0.4 is 11.0 Å². The molecule has 1 aromatic heterocycles. The van der Waals surface area contributed by atoms with Gasteiger partial charge in [0, 0.05) is 24.2 Å². The fourth-order valence-corrected chi connectivity index (χ4v) is 8.83. The van der Waals surface area contributed by atoms with E-state index in [0.717, 1.165) is 43.4 Å². The summed E-state index contributed by atoms with van der Waals surface area (Å²) in [7, 11) is -4.77.